The number of hydrogen-bond acceptors (Lipinski definition) is 2. The standard InChI is InChI=1S/C14H13BrN2O/c15-12-8-16-13-4-3-10(7-11(12)13)14(17-9-18)5-1-2-6-14/h3-4,7-8,16H,1-2,5-6H2. The number of H-pyrrole nitrogens is 1. The molecule has 1 heterocycles. The fourth-order valence-corrected chi connectivity index (χ4v) is 3.33. The summed E-state index contributed by atoms with van der Waals surface area (Å²) in [6, 6.07) is 6.25. The summed E-state index contributed by atoms with van der Waals surface area (Å²) in [5.41, 5.74) is 1.87. The lowest BCUT2D eigenvalue weighted by molar-refractivity contribution is 0.456. The van der Waals surface area contributed by atoms with Crippen molar-refractivity contribution < 1.29 is 4.79 Å². The van der Waals surface area contributed by atoms with Gasteiger partial charge in [0.15, 0.2) is 0 Å². The van der Waals surface area contributed by atoms with Gasteiger partial charge in [-0.25, -0.2) is 4.79 Å². The Balaban J connectivity index is 2.17. The molecule has 1 aliphatic carbocycles. The number of rotatable bonds is 2. The summed E-state index contributed by atoms with van der Waals surface area (Å²) < 4.78 is 1.04. The first-order chi connectivity index (χ1) is 8.75. The first kappa shape index (κ1) is 11.7. The van der Waals surface area contributed by atoms with E-state index in [0.29, 0.717) is 0 Å². The van der Waals surface area contributed by atoms with Gasteiger partial charge in [-0.3, -0.25) is 0 Å². The number of aromatic nitrogens is 1. The highest BCUT2D eigenvalue weighted by Gasteiger charge is 2.35. The van der Waals surface area contributed by atoms with Gasteiger partial charge in [0.25, 0.3) is 0 Å². The van der Waals surface area contributed by atoms with Gasteiger partial charge in [-0.05, 0) is 46.5 Å². The minimum absolute atomic E-state index is 0.341. The molecule has 0 radical (unpaired) electrons. The lowest BCUT2D eigenvalue weighted by Gasteiger charge is -2.22. The average molecular weight is 305 g/mol. The maximum atomic E-state index is 10.7. The molecule has 3 rings (SSSR count). The summed E-state index contributed by atoms with van der Waals surface area (Å²) in [7, 11) is 0. The van der Waals surface area contributed by atoms with Crippen molar-refractivity contribution in [3.8, 4) is 0 Å². The molecular formula is C14H13BrN2O. The second-order valence-corrected chi connectivity index (χ2v) is 5.69. The third-order valence-corrected chi connectivity index (χ3v) is 4.52. The molecule has 0 saturated heterocycles. The fourth-order valence-electron chi connectivity index (χ4n) is 2.89. The van der Waals surface area contributed by atoms with Crippen molar-refractivity contribution in [2.24, 2.45) is 4.99 Å². The van der Waals surface area contributed by atoms with E-state index in [9.17, 15) is 4.79 Å². The Morgan fingerprint density at radius 2 is 2.11 bits per heavy atom. The third-order valence-electron chi connectivity index (χ3n) is 3.86. The predicted molar refractivity (Wildman–Crippen MR) is 74.3 cm³/mol. The molecule has 18 heavy (non-hydrogen) atoms. The van der Waals surface area contributed by atoms with Gasteiger partial charge in [-0.1, -0.05) is 18.9 Å². The number of nitrogens with one attached hydrogen (secondary N) is 1. The summed E-state index contributed by atoms with van der Waals surface area (Å²) in [5.74, 6) is 0. The van der Waals surface area contributed by atoms with Crippen LogP contribution in [0.3, 0.4) is 0 Å². The zero-order valence-electron chi connectivity index (χ0n) is 9.87. The SMILES string of the molecule is O=C=NC1(c2ccc3[nH]cc(Br)c3c2)CCCC1. The summed E-state index contributed by atoms with van der Waals surface area (Å²) in [6.07, 6.45) is 7.82. The van der Waals surface area contributed by atoms with Crippen molar-refractivity contribution in [3.05, 3.63) is 34.4 Å². The van der Waals surface area contributed by atoms with E-state index >= 15 is 0 Å². The van der Waals surface area contributed by atoms with Crippen molar-refractivity contribution in [1.82, 2.24) is 4.98 Å². The highest BCUT2D eigenvalue weighted by atomic mass is 79.9. The number of aliphatic imine (C=N–C) groups is 1. The number of nitrogens with zero attached hydrogens (tertiary/aromatic N) is 1. The zero-order chi connectivity index (χ0) is 12.6. The van der Waals surface area contributed by atoms with E-state index < -0.39 is 0 Å². The molecule has 4 heteroatoms. The lowest BCUT2D eigenvalue weighted by Crippen LogP contribution is -2.18. The van der Waals surface area contributed by atoms with Crippen LogP contribution in [0.1, 0.15) is 31.2 Å². The van der Waals surface area contributed by atoms with Crippen molar-refractivity contribution in [2.45, 2.75) is 31.2 Å². The molecule has 0 aliphatic heterocycles. The van der Waals surface area contributed by atoms with E-state index in [1.54, 1.807) is 6.08 Å². The molecule has 3 nitrogen and oxygen atoms in total. The van der Waals surface area contributed by atoms with Gasteiger partial charge in [0.05, 0.1) is 5.54 Å². The molecule has 2 aromatic rings. The number of benzene rings is 1. The number of fused-ring (bicyclic) bond motifs is 1. The molecule has 0 amide bonds. The van der Waals surface area contributed by atoms with Crippen LogP contribution in [0.5, 0.6) is 0 Å². The Kier molecular flexibility index (Phi) is 2.84. The van der Waals surface area contributed by atoms with Crippen LogP contribution in [-0.4, -0.2) is 11.1 Å². The molecule has 1 aromatic carbocycles. The van der Waals surface area contributed by atoms with E-state index in [1.165, 1.54) is 0 Å². The van der Waals surface area contributed by atoms with E-state index in [0.717, 1.165) is 46.6 Å². The van der Waals surface area contributed by atoms with Gasteiger partial charge < -0.3 is 4.98 Å². The van der Waals surface area contributed by atoms with Crippen LogP contribution in [0, 0.1) is 0 Å². The van der Waals surface area contributed by atoms with Gasteiger partial charge in [0, 0.05) is 21.6 Å². The molecule has 0 spiro atoms. The molecule has 1 aliphatic rings. The molecule has 1 saturated carbocycles. The van der Waals surface area contributed by atoms with Gasteiger partial charge >= 0.3 is 0 Å². The quantitative estimate of drug-likeness (QED) is 0.660. The number of isocyanates is 1. The number of hydrogen-bond donors (Lipinski definition) is 1. The summed E-state index contributed by atoms with van der Waals surface area (Å²) in [5, 5.41) is 1.14. The fraction of sp³-hybridized carbons (Fsp3) is 0.357. The van der Waals surface area contributed by atoms with Gasteiger partial charge in [-0.2, -0.15) is 4.99 Å². The van der Waals surface area contributed by atoms with Crippen molar-refractivity contribution in [3.63, 3.8) is 0 Å². The first-order valence-corrected chi connectivity index (χ1v) is 6.91. The normalized spacial score (nSPS) is 17.8. The molecule has 1 fully saturated rings. The average Bonchev–Trinajstić information content (AvgIpc) is 2.98. The van der Waals surface area contributed by atoms with Gasteiger partial charge in [0.2, 0.25) is 6.08 Å². The van der Waals surface area contributed by atoms with Crippen molar-refractivity contribution in [1.29, 1.82) is 0 Å². The molecule has 1 aromatic heterocycles. The zero-order valence-corrected chi connectivity index (χ0v) is 11.5. The Hall–Kier alpha value is -1.38. The Labute approximate surface area is 113 Å². The Bertz CT molecular complexity index is 634. The minimum atomic E-state index is -0.341. The molecular weight excluding hydrogens is 292 g/mol. The first-order valence-electron chi connectivity index (χ1n) is 6.11. The van der Waals surface area contributed by atoms with Crippen LogP contribution in [-0.2, 0) is 10.3 Å². The Morgan fingerprint density at radius 3 is 2.83 bits per heavy atom. The van der Waals surface area contributed by atoms with Crippen molar-refractivity contribution in [2.75, 3.05) is 0 Å². The van der Waals surface area contributed by atoms with E-state index in [2.05, 4.69) is 44.1 Å². The van der Waals surface area contributed by atoms with Crippen LogP contribution in [0.25, 0.3) is 10.9 Å². The largest absolute Gasteiger partial charge is 0.360 e. The van der Waals surface area contributed by atoms with Gasteiger partial charge in [0.1, 0.15) is 0 Å². The summed E-state index contributed by atoms with van der Waals surface area (Å²) in [6.45, 7) is 0. The molecule has 0 unspecified atom stereocenters. The number of carbonyl (C=O) groups excluding carboxylic acids is 1. The summed E-state index contributed by atoms with van der Waals surface area (Å²) in [4.78, 5) is 18.0. The van der Waals surface area contributed by atoms with Gasteiger partial charge in [-0.15, -0.1) is 0 Å². The molecule has 0 bridgehead atoms. The maximum absolute atomic E-state index is 10.7. The maximum Gasteiger partial charge on any atom is 0.235 e. The molecule has 1 N–H and O–H groups in total. The number of aromatic amines is 1. The predicted octanol–water partition coefficient (Wildman–Crippen LogP) is 4.04. The monoisotopic (exact) mass is 304 g/mol. The highest BCUT2D eigenvalue weighted by molar-refractivity contribution is 9.10. The highest BCUT2D eigenvalue weighted by Crippen LogP contribution is 2.43. The summed E-state index contributed by atoms with van der Waals surface area (Å²) >= 11 is 3.53. The second kappa shape index (κ2) is 4.38. The van der Waals surface area contributed by atoms with E-state index in [1.807, 2.05) is 6.20 Å². The Morgan fingerprint density at radius 1 is 1.33 bits per heavy atom. The third kappa shape index (κ3) is 1.73. The van der Waals surface area contributed by atoms with Crippen LogP contribution < -0.4 is 0 Å². The van der Waals surface area contributed by atoms with Crippen LogP contribution in [0.4, 0.5) is 0 Å². The van der Waals surface area contributed by atoms with E-state index in [-0.39, 0.29) is 5.54 Å². The van der Waals surface area contributed by atoms with Crippen LogP contribution >= 0.6 is 15.9 Å². The van der Waals surface area contributed by atoms with Crippen LogP contribution in [0.15, 0.2) is 33.9 Å². The lowest BCUT2D eigenvalue weighted by atomic mass is 9.88. The van der Waals surface area contributed by atoms with Crippen LogP contribution in [0.2, 0.25) is 0 Å². The van der Waals surface area contributed by atoms with E-state index in [4.69, 9.17) is 0 Å². The topological polar surface area (TPSA) is 45.2 Å². The smallest absolute Gasteiger partial charge is 0.235 e. The molecule has 0 atom stereocenters. The minimum Gasteiger partial charge on any atom is -0.360 e. The van der Waals surface area contributed by atoms with Crippen molar-refractivity contribution >= 4 is 32.9 Å². The second-order valence-electron chi connectivity index (χ2n) is 4.84. The number of halogens is 1. The molecule has 92 valence electrons.